The van der Waals surface area contributed by atoms with Gasteiger partial charge in [-0.1, -0.05) is 30.3 Å². The van der Waals surface area contributed by atoms with Crippen LogP contribution in [0.2, 0.25) is 0 Å². The van der Waals surface area contributed by atoms with Crippen LogP contribution in [0.1, 0.15) is 75.5 Å². The van der Waals surface area contributed by atoms with Gasteiger partial charge in [0.2, 0.25) is 11.8 Å². The van der Waals surface area contributed by atoms with Crippen molar-refractivity contribution in [3.05, 3.63) is 94.0 Å². The van der Waals surface area contributed by atoms with Gasteiger partial charge in [-0.3, -0.25) is 9.36 Å². The van der Waals surface area contributed by atoms with Crippen LogP contribution in [0.15, 0.2) is 65.7 Å². The minimum Gasteiger partial charge on any atom is -0.494 e. The minimum absolute atomic E-state index is 0.0283. The Bertz CT molecular complexity index is 1660. The molecular weight excluding hydrogens is 496 g/mol. The lowest BCUT2D eigenvalue weighted by atomic mass is 9.98. The molecule has 0 aliphatic carbocycles. The van der Waals surface area contributed by atoms with Crippen molar-refractivity contribution in [2.45, 2.75) is 47.1 Å². The van der Waals surface area contributed by atoms with Gasteiger partial charge in [-0.25, -0.2) is 14.6 Å². The Morgan fingerprint density at radius 1 is 0.897 bits per heavy atom. The zero-order valence-electron chi connectivity index (χ0n) is 22.7. The molecule has 0 fully saturated rings. The summed E-state index contributed by atoms with van der Waals surface area (Å²) in [6, 6.07) is 17.3. The number of rotatable bonds is 5. The van der Waals surface area contributed by atoms with Crippen LogP contribution in [0.25, 0.3) is 10.9 Å². The molecule has 3 aromatic carbocycles. The van der Waals surface area contributed by atoms with Gasteiger partial charge in [0.25, 0.3) is 0 Å². The van der Waals surface area contributed by atoms with Crippen LogP contribution in [0.3, 0.4) is 0 Å². The van der Waals surface area contributed by atoms with Gasteiger partial charge in [0.05, 0.1) is 33.6 Å². The number of fused-ring (bicyclic) bond motifs is 1. The first-order chi connectivity index (χ1) is 18.3. The highest BCUT2D eigenvalue weighted by Crippen LogP contribution is 2.36. The Morgan fingerprint density at radius 2 is 1.54 bits per heavy atom. The van der Waals surface area contributed by atoms with Crippen molar-refractivity contribution in [3.63, 3.8) is 0 Å². The fraction of sp³-hybridized carbons (Fsp3) is 0.226. The van der Waals surface area contributed by atoms with E-state index in [9.17, 15) is 24.6 Å². The number of aromatic hydroxyl groups is 1. The second kappa shape index (κ2) is 10.2. The van der Waals surface area contributed by atoms with Crippen LogP contribution >= 0.6 is 0 Å². The summed E-state index contributed by atoms with van der Waals surface area (Å²) in [5, 5.41) is 21.5. The van der Waals surface area contributed by atoms with E-state index in [0.29, 0.717) is 44.6 Å². The first-order valence-corrected chi connectivity index (χ1v) is 12.4. The van der Waals surface area contributed by atoms with Crippen molar-refractivity contribution < 1.29 is 29.3 Å². The Hall–Kier alpha value is -4.72. The van der Waals surface area contributed by atoms with Gasteiger partial charge in [0.1, 0.15) is 5.60 Å². The smallest absolute Gasteiger partial charge is 0.338 e. The van der Waals surface area contributed by atoms with Crippen LogP contribution in [0.5, 0.6) is 5.88 Å². The van der Waals surface area contributed by atoms with E-state index in [-0.39, 0.29) is 17.0 Å². The summed E-state index contributed by atoms with van der Waals surface area (Å²) in [6.45, 7) is 10.1. The third-order valence-electron chi connectivity index (χ3n) is 6.19. The summed E-state index contributed by atoms with van der Waals surface area (Å²) in [6.07, 6.45) is 0. The monoisotopic (exact) mass is 526 g/mol. The standard InChI is InChI=1S/C31H30N2O6/c1-17-14-21(12-13-22(17)30(38)39-31(4,5)6)32-27(20-10-8-7-9-11-20)26-24-15-18(2)23(29(36)37)16-25(24)33(19(3)34)28(26)35/h7-16,35H,1-6H3,(H,36,37). The van der Waals surface area contributed by atoms with Crippen molar-refractivity contribution in [1.82, 2.24) is 4.57 Å². The first-order valence-electron chi connectivity index (χ1n) is 12.4. The molecule has 4 rings (SSSR count). The maximum Gasteiger partial charge on any atom is 0.338 e. The average Bonchev–Trinajstić information content (AvgIpc) is 3.12. The van der Waals surface area contributed by atoms with Gasteiger partial charge in [-0.2, -0.15) is 0 Å². The molecule has 8 heteroatoms. The molecule has 0 aliphatic rings. The topological polar surface area (TPSA) is 118 Å². The number of aryl methyl sites for hydroxylation is 2. The molecule has 0 unspecified atom stereocenters. The number of carbonyl (C=O) groups is 3. The van der Waals surface area contributed by atoms with Crippen LogP contribution in [0.4, 0.5) is 5.69 Å². The number of hydrogen-bond donors (Lipinski definition) is 2. The maximum atomic E-state index is 12.7. The molecule has 0 spiro atoms. The van der Waals surface area contributed by atoms with Crippen molar-refractivity contribution in [1.29, 1.82) is 0 Å². The second-order valence-electron chi connectivity index (χ2n) is 10.4. The number of esters is 1. The van der Waals surface area contributed by atoms with E-state index in [0.717, 1.165) is 4.57 Å². The Balaban J connectivity index is 1.98. The molecule has 0 atom stereocenters. The molecule has 0 aliphatic heterocycles. The zero-order valence-corrected chi connectivity index (χ0v) is 22.7. The largest absolute Gasteiger partial charge is 0.494 e. The molecule has 200 valence electrons. The number of carboxylic acid groups (broad SMARTS) is 1. The number of ether oxygens (including phenoxy) is 1. The number of benzene rings is 3. The van der Waals surface area contributed by atoms with E-state index in [1.165, 1.54) is 13.0 Å². The van der Waals surface area contributed by atoms with Crippen LogP contribution < -0.4 is 0 Å². The lowest BCUT2D eigenvalue weighted by molar-refractivity contribution is 0.00684. The normalized spacial score (nSPS) is 12.0. The van der Waals surface area contributed by atoms with Crippen molar-refractivity contribution in [2.75, 3.05) is 0 Å². The number of carbonyl (C=O) groups excluding carboxylic acids is 2. The molecule has 8 nitrogen and oxygen atoms in total. The van der Waals surface area contributed by atoms with Crippen molar-refractivity contribution in [2.24, 2.45) is 4.99 Å². The van der Waals surface area contributed by atoms with Crippen LogP contribution in [0, 0.1) is 13.8 Å². The number of carboxylic acids is 1. The summed E-state index contributed by atoms with van der Waals surface area (Å²) in [5.74, 6) is -2.40. The van der Waals surface area contributed by atoms with Crippen molar-refractivity contribution >= 4 is 40.1 Å². The highest BCUT2D eigenvalue weighted by molar-refractivity contribution is 6.23. The molecule has 1 heterocycles. The van der Waals surface area contributed by atoms with E-state index < -0.39 is 23.4 Å². The number of aromatic nitrogens is 1. The Labute approximate surface area is 226 Å². The third-order valence-corrected chi connectivity index (χ3v) is 6.19. The quantitative estimate of drug-likeness (QED) is 0.228. The van der Waals surface area contributed by atoms with Gasteiger partial charge < -0.3 is 14.9 Å². The lowest BCUT2D eigenvalue weighted by Crippen LogP contribution is -2.24. The molecule has 0 amide bonds. The highest BCUT2D eigenvalue weighted by Gasteiger charge is 2.26. The summed E-state index contributed by atoms with van der Waals surface area (Å²) in [7, 11) is 0. The fourth-order valence-electron chi connectivity index (χ4n) is 4.48. The van der Waals surface area contributed by atoms with Gasteiger partial charge in [0.15, 0.2) is 0 Å². The van der Waals surface area contributed by atoms with Gasteiger partial charge in [-0.15, -0.1) is 0 Å². The third kappa shape index (κ3) is 5.45. The van der Waals surface area contributed by atoms with E-state index in [2.05, 4.69) is 0 Å². The molecule has 0 bridgehead atoms. The summed E-state index contributed by atoms with van der Waals surface area (Å²) >= 11 is 0. The summed E-state index contributed by atoms with van der Waals surface area (Å²) < 4.78 is 6.60. The number of hydrogen-bond acceptors (Lipinski definition) is 6. The molecular formula is C31H30N2O6. The zero-order chi connectivity index (χ0) is 28.6. The Morgan fingerprint density at radius 3 is 2.10 bits per heavy atom. The first kappa shape index (κ1) is 27.3. The summed E-state index contributed by atoms with van der Waals surface area (Å²) in [4.78, 5) is 41.9. The minimum atomic E-state index is -1.13. The highest BCUT2D eigenvalue weighted by atomic mass is 16.6. The predicted octanol–water partition coefficient (Wildman–Crippen LogP) is 6.45. The maximum absolute atomic E-state index is 12.7. The Kier molecular flexibility index (Phi) is 7.15. The molecule has 0 radical (unpaired) electrons. The van der Waals surface area contributed by atoms with Crippen molar-refractivity contribution in [3.8, 4) is 5.88 Å². The number of aromatic carboxylic acids is 1. The van der Waals surface area contributed by atoms with Gasteiger partial charge in [-0.05, 0) is 76.1 Å². The fourth-order valence-corrected chi connectivity index (χ4v) is 4.48. The van der Waals surface area contributed by atoms with E-state index in [4.69, 9.17) is 9.73 Å². The van der Waals surface area contributed by atoms with E-state index in [1.807, 2.05) is 30.3 Å². The molecule has 4 aromatic rings. The molecule has 2 N–H and O–H groups in total. The molecule has 39 heavy (non-hydrogen) atoms. The molecule has 1 aromatic heterocycles. The number of nitrogens with zero attached hydrogens (tertiary/aromatic N) is 2. The van der Waals surface area contributed by atoms with Gasteiger partial charge in [0, 0.05) is 17.9 Å². The number of aliphatic imine (C=N–C) groups is 1. The van der Waals surface area contributed by atoms with Crippen LogP contribution in [-0.4, -0.2) is 43.9 Å². The average molecular weight is 527 g/mol. The summed E-state index contributed by atoms with van der Waals surface area (Å²) in [5.41, 5.74) is 3.06. The predicted molar refractivity (Wildman–Crippen MR) is 150 cm³/mol. The second-order valence-corrected chi connectivity index (χ2v) is 10.4. The van der Waals surface area contributed by atoms with E-state index in [1.54, 1.807) is 58.9 Å². The van der Waals surface area contributed by atoms with Crippen LogP contribution in [-0.2, 0) is 4.74 Å². The SMILES string of the molecule is CC(=O)n1c(O)c(C(=Nc2ccc(C(=O)OC(C)(C)C)c(C)c2)c2ccccc2)c2cc(C)c(C(=O)O)cc21. The van der Waals surface area contributed by atoms with Gasteiger partial charge >= 0.3 is 11.9 Å². The molecule has 0 saturated heterocycles. The lowest BCUT2D eigenvalue weighted by Gasteiger charge is -2.20. The molecule has 0 saturated carbocycles. The van der Waals surface area contributed by atoms with E-state index >= 15 is 0 Å².